The largest absolute Gasteiger partial charge is 0.285 e. The van der Waals surface area contributed by atoms with Gasteiger partial charge in [-0.25, -0.2) is 9.97 Å². The van der Waals surface area contributed by atoms with Crippen molar-refractivity contribution in [2.75, 3.05) is 0 Å². The molecule has 1 aliphatic rings. The fourth-order valence-electron chi connectivity index (χ4n) is 3.08. The molecule has 0 spiro atoms. The third-order valence-electron chi connectivity index (χ3n) is 3.88. The fourth-order valence-corrected chi connectivity index (χ4v) is 3.08. The third kappa shape index (κ3) is 1.56. The average molecular weight is 229 g/mol. The zero-order valence-electron chi connectivity index (χ0n) is 10.8. The first kappa shape index (κ1) is 10.8. The molecule has 2 heterocycles. The number of hydrogen-bond acceptors (Lipinski definition) is 2. The summed E-state index contributed by atoms with van der Waals surface area (Å²) in [5.41, 5.74) is 5.03. The summed E-state index contributed by atoms with van der Waals surface area (Å²) in [4.78, 5) is 9.34. The number of imidazole rings is 1. The van der Waals surface area contributed by atoms with Gasteiger partial charge in [-0.15, -0.1) is 0 Å². The van der Waals surface area contributed by atoms with Crippen LogP contribution < -0.4 is 0 Å². The smallest absolute Gasteiger partial charge is 0.234 e. The highest BCUT2D eigenvalue weighted by molar-refractivity contribution is 5.41. The Morgan fingerprint density at radius 3 is 2.94 bits per heavy atom. The van der Waals surface area contributed by atoms with Gasteiger partial charge in [0.15, 0.2) is 0 Å². The summed E-state index contributed by atoms with van der Waals surface area (Å²) in [5, 5.41) is 0. The normalized spacial score (nSPS) is 19.6. The summed E-state index contributed by atoms with van der Waals surface area (Å²) in [6.45, 7) is 6.45. The molecule has 1 aliphatic carbocycles. The molecule has 0 N–H and O–H groups in total. The summed E-state index contributed by atoms with van der Waals surface area (Å²) >= 11 is 0. The number of fused-ring (bicyclic) bond motifs is 3. The molecule has 2 aromatic rings. The van der Waals surface area contributed by atoms with Gasteiger partial charge in [0.2, 0.25) is 5.78 Å². The predicted octanol–water partition coefficient (Wildman–Crippen LogP) is 3.18. The Kier molecular flexibility index (Phi) is 2.42. The molecule has 0 amide bonds. The van der Waals surface area contributed by atoms with Gasteiger partial charge in [0.1, 0.15) is 0 Å². The summed E-state index contributed by atoms with van der Waals surface area (Å²) in [7, 11) is 0. The van der Waals surface area contributed by atoms with Crippen LogP contribution in [0.25, 0.3) is 5.78 Å². The van der Waals surface area contributed by atoms with E-state index in [2.05, 4.69) is 29.3 Å². The Labute approximate surface area is 102 Å². The summed E-state index contributed by atoms with van der Waals surface area (Å²) in [6, 6.07) is 2.14. The van der Waals surface area contributed by atoms with E-state index < -0.39 is 0 Å². The standard InChI is InChI=1S/C14H19N3/c1-4-11-6-5-7-12-13(11)16-14-15-9(2)8-10(3)17(12)14/h8,11H,4-7H2,1-3H3. The van der Waals surface area contributed by atoms with Crippen LogP contribution in [0.3, 0.4) is 0 Å². The van der Waals surface area contributed by atoms with Crippen LogP contribution >= 0.6 is 0 Å². The van der Waals surface area contributed by atoms with Crippen LogP contribution in [0.4, 0.5) is 0 Å². The van der Waals surface area contributed by atoms with E-state index in [-0.39, 0.29) is 0 Å². The van der Waals surface area contributed by atoms with Crippen molar-refractivity contribution in [2.24, 2.45) is 0 Å². The summed E-state index contributed by atoms with van der Waals surface area (Å²) < 4.78 is 2.25. The topological polar surface area (TPSA) is 30.2 Å². The Hall–Kier alpha value is -1.38. The lowest BCUT2D eigenvalue weighted by atomic mass is 9.88. The molecule has 3 rings (SSSR count). The second-order valence-electron chi connectivity index (χ2n) is 5.12. The Balaban J connectivity index is 2.30. The van der Waals surface area contributed by atoms with Crippen LogP contribution in [0.5, 0.6) is 0 Å². The maximum Gasteiger partial charge on any atom is 0.234 e. The van der Waals surface area contributed by atoms with Crippen molar-refractivity contribution in [3.05, 3.63) is 28.8 Å². The molecule has 0 saturated carbocycles. The minimum absolute atomic E-state index is 0.639. The molecule has 0 aromatic carbocycles. The number of aryl methyl sites for hydroxylation is 3. The molecule has 1 atom stereocenters. The number of aromatic nitrogens is 3. The van der Waals surface area contributed by atoms with E-state index in [1.165, 1.54) is 36.3 Å². The van der Waals surface area contributed by atoms with Gasteiger partial charge in [-0.2, -0.15) is 0 Å². The van der Waals surface area contributed by atoms with E-state index in [9.17, 15) is 0 Å². The van der Waals surface area contributed by atoms with Crippen LogP contribution in [0.15, 0.2) is 6.07 Å². The van der Waals surface area contributed by atoms with Crippen molar-refractivity contribution in [2.45, 2.75) is 52.4 Å². The second kappa shape index (κ2) is 3.83. The lowest BCUT2D eigenvalue weighted by molar-refractivity contribution is 0.523. The zero-order chi connectivity index (χ0) is 12.0. The van der Waals surface area contributed by atoms with Gasteiger partial charge in [-0.3, -0.25) is 4.40 Å². The molecule has 0 radical (unpaired) electrons. The van der Waals surface area contributed by atoms with E-state index in [0.29, 0.717) is 5.92 Å². The number of hydrogen-bond donors (Lipinski definition) is 0. The average Bonchev–Trinajstić information content (AvgIpc) is 2.66. The van der Waals surface area contributed by atoms with Crippen molar-refractivity contribution >= 4 is 5.78 Å². The predicted molar refractivity (Wildman–Crippen MR) is 68.4 cm³/mol. The fraction of sp³-hybridized carbons (Fsp3) is 0.571. The Bertz CT molecular complexity index is 568. The van der Waals surface area contributed by atoms with Crippen molar-refractivity contribution in [1.82, 2.24) is 14.4 Å². The van der Waals surface area contributed by atoms with Gasteiger partial charge in [-0.1, -0.05) is 6.92 Å². The van der Waals surface area contributed by atoms with Crippen LogP contribution in [0, 0.1) is 13.8 Å². The van der Waals surface area contributed by atoms with Gasteiger partial charge < -0.3 is 0 Å². The van der Waals surface area contributed by atoms with E-state index in [1.54, 1.807) is 0 Å². The first-order valence-corrected chi connectivity index (χ1v) is 6.56. The molecule has 0 aliphatic heterocycles. The summed E-state index contributed by atoms with van der Waals surface area (Å²) in [5.74, 6) is 1.54. The minimum atomic E-state index is 0.639. The quantitative estimate of drug-likeness (QED) is 0.751. The van der Waals surface area contributed by atoms with E-state index in [4.69, 9.17) is 4.98 Å². The molecule has 17 heavy (non-hydrogen) atoms. The third-order valence-corrected chi connectivity index (χ3v) is 3.88. The molecule has 0 bridgehead atoms. The van der Waals surface area contributed by atoms with Crippen molar-refractivity contribution in [3.8, 4) is 0 Å². The van der Waals surface area contributed by atoms with Gasteiger partial charge >= 0.3 is 0 Å². The molecular weight excluding hydrogens is 210 g/mol. The number of rotatable bonds is 1. The zero-order valence-corrected chi connectivity index (χ0v) is 10.8. The maximum atomic E-state index is 4.78. The van der Waals surface area contributed by atoms with Crippen LogP contribution in [-0.2, 0) is 6.42 Å². The van der Waals surface area contributed by atoms with E-state index in [1.807, 2.05) is 6.92 Å². The highest BCUT2D eigenvalue weighted by Gasteiger charge is 2.25. The minimum Gasteiger partial charge on any atom is -0.285 e. The molecule has 0 fully saturated rings. The lowest BCUT2D eigenvalue weighted by Crippen LogP contribution is -2.10. The SMILES string of the molecule is CCC1CCCc2c1nc1nc(C)cc(C)n21. The molecular formula is C14H19N3. The van der Waals surface area contributed by atoms with Crippen molar-refractivity contribution < 1.29 is 0 Å². The van der Waals surface area contributed by atoms with Gasteiger partial charge in [0.05, 0.1) is 5.69 Å². The highest BCUT2D eigenvalue weighted by Crippen LogP contribution is 2.33. The van der Waals surface area contributed by atoms with Gasteiger partial charge in [-0.05, 0) is 45.6 Å². The van der Waals surface area contributed by atoms with Crippen LogP contribution in [0.1, 0.15) is 54.9 Å². The molecule has 1 unspecified atom stereocenters. The molecule has 2 aromatic heterocycles. The molecule has 0 saturated heterocycles. The van der Waals surface area contributed by atoms with Gasteiger partial charge in [0, 0.05) is 23.0 Å². The van der Waals surface area contributed by atoms with E-state index in [0.717, 1.165) is 17.9 Å². The first-order valence-electron chi connectivity index (χ1n) is 6.56. The van der Waals surface area contributed by atoms with Gasteiger partial charge in [0.25, 0.3) is 0 Å². The Morgan fingerprint density at radius 1 is 1.35 bits per heavy atom. The molecule has 3 nitrogen and oxygen atoms in total. The molecule has 3 heteroatoms. The second-order valence-corrected chi connectivity index (χ2v) is 5.12. The monoisotopic (exact) mass is 229 g/mol. The maximum absolute atomic E-state index is 4.78. The number of nitrogens with zero attached hydrogens (tertiary/aromatic N) is 3. The lowest BCUT2D eigenvalue weighted by Gasteiger charge is -2.20. The Morgan fingerprint density at radius 2 is 2.18 bits per heavy atom. The van der Waals surface area contributed by atoms with Crippen LogP contribution in [-0.4, -0.2) is 14.4 Å². The van der Waals surface area contributed by atoms with Crippen LogP contribution in [0.2, 0.25) is 0 Å². The van der Waals surface area contributed by atoms with Crippen molar-refractivity contribution in [1.29, 1.82) is 0 Å². The summed E-state index contributed by atoms with van der Waals surface area (Å²) in [6.07, 6.45) is 4.91. The van der Waals surface area contributed by atoms with E-state index >= 15 is 0 Å². The first-order chi connectivity index (χ1) is 8.20. The highest BCUT2D eigenvalue weighted by atomic mass is 15.1. The molecule has 90 valence electrons. The van der Waals surface area contributed by atoms with Crippen molar-refractivity contribution in [3.63, 3.8) is 0 Å².